The molecule has 0 radical (unpaired) electrons. The molecule has 6 nitrogen and oxygen atoms in total. The second-order valence-electron chi connectivity index (χ2n) is 7.55. The molecule has 3 aromatic rings. The molecule has 170 valence electrons. The van der Waals surface area contributed by atoms with Crippen molar-refractivity contribution in [2.75, 3.05) is 11.4 Å². The maximum Gasteiger partial charge on any atom is 0.252 e. The van der Waals surface area contributed by atoms with E-state index in [-0.39, 0.29) is 27.9 Å². The molecule has 0 saturated carbocycles. The molecule has 0 bridgehead atoms. The third-order valence-corrected chi connectivity index (χ3v) is 8.05. The van der Waals surface area contributed by atoms with E-state index in [9.17, 15) is 18.0 Å². The predicted octanol–water partition coefficient (Wildman–Crippen LogP) is 4.56. The maximum absolute atomic E-state index is 13.7. The number of para-hydroxylation sites is 1. The molecule has 4 rings (SSSR count). The molecular formula is C24H20Cl2N2O4S. The molecule has 33 heavy (non-hydrogen) atoms. The van der Waals surface area contributed by atoms with Crippen molar-refractivity contribution >= 4 is 50.7 Å². The molecule has 1 heterocycles. The zero-order valence-corrected chi connectivity index (χ0v) is 19.7. The summed E-state index contributed by atoms with van der Waals surface area (Å²) in [7, 11) is -4.25. The Hall–Kier alpha value is -2.71. The van der Waals surface area contributed by atoms with Crippen LogP contribution in [0.4, 0.5) is 5.69 Å². The van der Waals surface area contributed by atoms with Crippen LogP contribution >= 0.6 is 23.2 Å². The van der Waals surface area contributed by atoms with Crippen molar-refractivity contribution in [2.45, 2.75) is 23.8 Å². The molecule has 2 amide bonds. The lowest BCUT2D eigenvalue weighted by Crippen LogP contribution is -2.46. The average molecular weight is 503 g/mol. The first-order valence-electron chi connectivity index (χ1n) is 10.2. The summed E-state index contributed by atoms with van der Waals surface area (Å²) in [5.41, 5.74) is 1.29. The molecule has 1 aliphatic rings. The molecule has 0 aliphatic carbocycles. The minimum absolute atomic E-state index is 0.0124. The van der Waals surface area contributed by atoms with E-state index in [1.807, 2.05) is 30.3 Å². The van der Waals surface area contributed by atoms with Gasteiger partial charge in [-0.1, -0.05) is 71.7 Å². The van der Waals surface area contributed by atoms with E-state index >= 15 is 0 Å². The lowest BCUT2D eigenvalue weighted by molar-refractivity contribution is -0.122. The van der Waals surface area contributed by atoms with Gasteiger partial charge in [0.05, 0.1) is 17.1 Å². The quantitative estimate of drug-likeness (QED) is 0.443. The van der Waals surface area contributed by atoms with Gasteiger partial charge < -0.3 is 0 Å². The van der Waals surface area contributed by atoms with Crippen LogP contribution in [-0.2, 0) is 26.0 Å². The number of sulfonamides is 1. The molecule has 1 saturated heterocycles. The number of benzene rings is 3. The van der Waals surface area contributed by atoms with Gasteiger partial charge in [-0.3, -0.25) is 9.59 Å². The smallest absolute Gasteiger partial charge is 0.252 e. The molecule has 0 aromatic heterocycles. The number of hydrogen-bond donors (Lipinski definition) is 0. The fourth-order valence-corrected chi connectivity index (χ4v) is 6.14. The summed E-state index contributed by atoms with van der Waals surface area (Å²) in [6, 6.07) is 20.7. The number of hydrogen-bond acceptors (Lipinski definition) is 4. The molecule has 3 aromatic carbocycles. The Kier molecular flexibility index (Phi) is 6.86. The normalized spacial score (nSPS) is 16.6. The Morgan fingerprint density at radius 2 is 1.55 bits per heavy atom. The van der Waals surface area contributed by atoms with E-state index in [0.717, 1.165) is 14.8 Å². The highest BCUT2D eigenvalue weighted by molar-refractivity contribution is 7.89. The fraction of sp³-hybridized carbons (Fsp3) is 0.167. The number of carbonyl (C=O) groups excluding carboxylic acids is 2. The third kappa shape index (κ3) is 4.82. The first-order valence-corrected chi connectivity index (χ1v) is 12.4. The van der Waals surface area contributed by atoms with E-state index in [4.69, 9.17) is 23.2 Å². The van der Waals surface area contributed by atoms with Gasteiger partial charge in [0.1, 0.15) is 10.9 Å². The van der Waals surface area contributed by atoms with Crippen LogP contribution in [0, 0.1) is 0 Å². The highest BCUT2D eigenvalue weighted by Gasteiger charge is 2.47. The van der Waals surface area contributed by atoms with Gasteiger partial charge in [-0.2, -0.15) is 4.31 Å². The summed E-state index contributed by atoms with van der Waals surface area (Å²) < 4.78 is 28.5. The van der Waals surface area contributed by atoms with Gasteiger partial charge in [-0.25, -0.2) is 13.3 Å². The SMILES string of the molecule is O=C1CC(N(CCc2ccccc2)S(=O)(=O)c2cc(Cl)ccc2Cl)C(=O)N1c1ccccc1. The lowest BCUT2D eigenvalue weighted by atomic mass is 10.1. The van der Waals surface area contributed by atoms with Crippen LogP contribution in [0.25, 0.3) is 0 Å². The number of nitrogens with zero attached hydrogens (tertiary/aromatic N) is 2. The monoisotopic (exact) mass is 502 g/mol. The predicted molar refractivity (Wildman–Crippen MR) is 128 cm³/mol. The van der Waals surface area contributed by atoms with Gasteiger partial charge >= 0.3 is 0 Å². The van der Waals surface area contributed by atoms with Crippen LogP contribution in [0.3, 0.4) is 0 Å². The minimum Gasteiger partial charge on any atom is -0.274 e. The molecule has 0 N–H and O–H groups in total. The number of carbonyl (C=O) groups is 2. The topological polar surface area (TPSA) is 74.8 Å². The molecule has 1 atom stereocenters. The van der Waals surface area contributed by atoms with Crippen molar-refractivity contribution in [1.29, 1.82) is 0 Å². The first kappa shape index (κ1) is 23.4. The highest BCUT2D eigenvalue weighted by Crippen LogP contribution is 2.33. The number of amides is 2. The van der Waals surface area contributed by atoms with Crippen molar-refractivity contribution in [3.8, 4) is 0 Å². The van der Waals surface area contributed by atoms with Crippen LogP contribution < -0.4 is 4.90 Å². The van der Waals surface area contributed by atoms with E-state index in [0.29, 0.717) is 12.1 Å². The number of halogens is 2. The summed E-state index contributed by atoms with van der Waals surface area (Å²) >= 11 is 12.3. The standard InChI is InChI=1S/C24H20Cl2N2O4S/c25-18-11-12-20(26)22(15-18)33(31,32)27(14-13-17-7-3-1-4-8-17)21-16-23(29)28(24(21)30)19-9-5-2-6-10-19/h1-12,15,21H,13-14,16H2. The minimum atomic E-state index is -4.25. The first-order chi connectivity index (χ1) is 15.8. The Balaban J connectivity index is 1.73. The molecule has 0 spiro atoms. The Morgan fingerprint density at radius 3 is 2.21 bits per heavy atom. The lowest BCUT2D eigenvalue weighted by Gasteiger charge is -2.27. The van der Waals surface area contributed by atoms with Gasteiger partial charge in [0, 0.05) is 11.6 Å². The summed E-state index contributed by atoms with van der Waals surface area (Å²) in [6.07, 6.45) is 0.0848. The van der Waals surface area contributed by atoms with Gasteiger partial charge in [-0.15, -0.1) is 0 Å². The zero-order valence-electron chi connectivity index (χ0n) is 17.4. The number of imide groups is 1. The van der Waals surface area contributed by atoms with E-state index < -0.39 is 27.9 Å². The largest absolute Gasteiger partial charge is 0.274 e. The van der Waals surface area contributed by atoms with Crippen molar-refractivity contribution in [3.05, 3.63) is 94.5 Å². The summed E-state index contributed by atoms with van der Waals surface area (Å²) in [5.74, 6) is -1.06. The molecule has 9 heteroatoms. The van der Waals surface area contributed by atoms with Gasteiger partial charge in [-0.05, 0) is 42.3 Å². The van der Waals surface area contributed by atoms with E-state index in [1.165, 1.54) is 18.2 Å². The Morgan fingerprint density at radius 1 is 0.909 bits per heavy atom. The summed E-state index contributed by atoms with van der Waals surface area (Å²) in [5, 5.41) is 0.182. The molecular weight excluding hydrogens is 483 g/mol. The average Bonchev–Trinajstić information content (AvgIpc) is 3.10. The van der Waals surface area contributed by atoms with Crippen LogP contribution in [0.5, 0.6) is 0 Å². The molecule has 1 fully saturated rings. The van der Waals surface area contributed by atoms with Crippen LogP contribution in [0.1, 0.15) is 12.0 Å². The van der Waals surface area contributed by atoms with Crippen LogP contribution in [0.15, 0.2) is 83.8 Å². The van der Waals surface area contributed by atoms with Crippen LogP contribution in [-0.4, -0.2) is 37.1 Å². The van der Waals surface area contributed by atoms with Crippen molar-refractivity contribution in [3.63, 3.8) is 0 Å². The molecule has 1 unspecified atom stereocenters. The highest BCUT2D eigenvalue weighted by atomic mass is 35.5. The third-order valence-electron chi connectivity index (χ3n) is 5.43. The number of anilines is 1. The fourth-order valence-electron chi connectivity index (χ4n) is 3.82. The van der Waals surface area contributed by atoms with E-state index in [1.54, 1.807) is 30.3 Å². The second-order valence-corrected chi connectivity index (χ2v) is 10.3. The second kappa shape index (κ2) is 9.65. The van der Waals surface area contributed by atoms with E-state index in [2.05, 4.69) is 0 Å². The Labute approximate surface area is 202 Å². The summed E-state index contributed by atoms with van der Waals surface area (Å²) in [6.45, 7) is -0.0124. The Bertz CT molecular complexity index is 1280. The van der Waals surface area contributed by atoms with Crippen LogP contribution in [0.2, 0.25) is 10.0 Å². The summed E-state index contributed by atoms with van der Waals surface area (Å²) in [4.78, 5) is 27.0. The van der Waals surface area contributed by atoms with Gasteiger partial charge in [0.15, 0.2) is 0 Å². The maximum atomic E-state index is 13.7. The van der Waals surface area contributed by atoms with Gasteiger partial charge in [0.25, 0.3) is 5.91 Å². The van der Waals surface area contributed by atoms with Gasteiger partial charge in [0.2, 0.25) is 15.9 Å². The zero-order chi connectivity index (χ0) is 23.6. The van der Waals surface area contributed by atoms with Crippen molar-refractivity contribution < 1.29 is 18.0 Å². The number of rotatable bonds is 7. The van der Waals surface area contributed by atoms with Crippen molar-refractivity contribution in [2.24, 2.45) is 0 Å². The molecule has 1 aliphatic heterocycles. The van der Waals surface area contributed by atoms with Crippen molar-refractivity contribution in [1.82, 2.24) is 4.31 Å².